The summed E-state index contributed by atoms with van der Waals surface area (Å²) in [7, 11) is 1.12. The van der Waals surface area contributed by atoms with Gasteiger partial charge in [0.15, 0.2) is 6.10 Å². The molecule has 0 aliphatic heterocycles. The van der Waals surface area contributed by atoms with Crippen LogP contribution in [0, 0.1) is 0 Å². The molecule has 0 aromatic carbocycles. The lowest BCUT2D eigenvalue weighted by atomic mass is 10.0. The summed E-state index contributed by atoms with van der Waals surface area (Å²) >= 11 is 0. The topological polar surface area (TPSA) is 131 Å². The number of likely N-dealkylation sites (N-methyl/N-ethyl adjacent to an activating group) is 1. The number of nitrogens with zero attached hydrogens (tertiary/aromatic N) is 1. The Morgan fingerprint density at radius 1 is 0.607 bits per heavy atom. The summed E-state index contributed by atoms with van der Waals surface area (Å²) in [5, 5.41) is 9.89. The van der Waals surface area contributed by atoms with Gasteiger partial charge in [-0.05, 0) is 64.2 Å². The third-order valence-electron chi connectivity index (χ3n) is 10.4. The van der Waals surface area contributed by atoms with Crippen molar-refractivity contribution in [2.75, 3.05) is 47.5 Å². The van der Waals surface area contributed by atoms with Crippen LogP contribution in [0.2, 0.25) is 0 Å². The fourth-order valence-corrected chi connectivity index (χ4v) is 7.30. The van der Waals surface area contributed by atoms with E-state index in [-0.39, 0.29) is 26.1 Å². The zero-order valence-electron chi connectivity index (χ0n) is 39.7. The first kappa shape index (κ1) is 58.9. The molecule has 0 saturated heterocycles. The molecule has 0 amide bonds. The molecule has 0 spiro atoms. The molecule has 0 aliphatic carbocycles. The molecule has 0 bridgehead atoms. The molecule has 10 nitrogen and oxygen atoms in total. The third-order valence-corrected chi connectivity index (χ3v) is 11.4. The molecule has 0 aliphatic rings. The Morgan fingerprint density at radius 2 is 1.10 bits per heavy atom. The summed E-state index contributed by atoms with van der Waals surface area (Å²) in [6, 6.07) is 0. The molecule has 0 heterocycles. The predicted octanol–water partition coefficient (Wildman–Crippen LogP) is 12.6. The molecule has 61 heavy (non-hydrogen) atoms. The number of phosphoric acid groups is 1. The summed E-state index contributed by atoms with van der Waals surface area (Å²) in [4.78, 5) is 37.6. The number of ether oxygens (including phenoxy) is 2. The number of rotatable bonds is 44. The zero-order chi connectivity index (χ0) is 45.1. The minimum Gasteiger partial charge on any atom is -0.756 e. The number of unbranched alkanes of at least 4 members (excludes halogenated alkanes) is 22. The van der Waals surface area contributed by atoms with E-state index < -0.39 is 38.6 Å². The molecule has 0 aromatic rings. The Morgan fingerprint density at radius 3 is 1.62 bits per heavy atom. The number of esters is 2. The minimum atomic E-state index is -4.65. The molecule has 0 saturated carbocycles. The van der Waals surface area contributed by atoms with Gasteiger partial charge in [0, 0.05) is 12.8 Å². The summed E-state index contributed by atoms with van der Waals surface area (Å²) in [5.74, 6) is -0.887. The van der Waals surface area contributed by atoms with Crippen LogP contribution in [-0.2, 0) is 32.7 Å². The molecule has 0 aromatic heterocycles. The number of carbonyl (C=O) groups is 2. The highest BCUT2D eigenvalue weighted by Crippen LogP contribution is 2.38. The highest BCUT2D eigenvalue weighted by Gasteiger charge is 2.21. The second-order valence-corrected chi connectivity index (χ2v) is 19.1. The maximum absolute atomic E-state index is 12.7. The number of hydrogen-bond donors (Lipinski definition) is 1. The van der Waals surface area contributed by atoms with Gasteiger partial charge in [-0.3, -0.25) is 14.2 Å². The highest BCUT2D eigenvalue weighted by atomic mass is 31.2. The van der Waals surface area contributed by atoms with Crippen molar-refractivity contribution in [1.29, 1.82) is 0 Å². The van der Waals surface area contributed by atoms with E-state index in [1.54, 1.807) is 6.08 Å². The SMILES string of the molecule is CC/C=C/CC(O)/C=C/C=C/CCCCCCCC(=O)OC[C@H](COP(=O)([O-])OCC[N+](C)(C)C)OC(=O)CCCCCCCCCCCCC/C=C\CCCCCCCC. The largest absolute Gasteiger partial charge is 0.756 e. The van der Waals surface area contributed by atoms with E-state index in [1.165, 1.54) is 96.3 Å². The lowest BCUT2D eigenvalue weighted by Crippen LogP contribution is -2.37. The average molecular weight is 882 g/mol. The molecule has 1 N–H and O–H groups in total. The first-order valence-corrected chi connectivity index (χ1v) is 25.9. The summed E-state index contributed by atoms with van der Waals surface area (Å²) in [6.07, 6.45) is 46.1. The molecule has 2 unspecified atom stereocenters. The van der Waals surface area contributed by atoms with Crippen LogP contribution in [0.4, 0.5) is 0 Å². The fourth-order valence-electron chi connectivity index (χ4n) is 6.57. The van der Waals surface area contributed by atoms with Crippen LogP contribution < -0.4 is 4.89 Å². The molecule has 356 valence electrons. The first-order chi connectivity index (χ1) is 29.4. The number of phosphoric ester groups is 1. The van der Waals surface area contributed by atoms with Crippen LogP contribution in [0.25, 0.3) is 0 Å². The zero-order valence-corrected chi connectivity index (χ0v) is 40.6. The smallest absolute Gasteiger partial charge is 0.306 e. The van der Waals surface area contributed by atoms with E-state index in [0.717, 1.165) is 57.8 Å². The van der Waals surface area contributed by atoms with Crippen molar-refractivity contribution in [3.05, 3.63) is 48.6 Å². The molecule has 11 heteroatoms. The van der Waals surface area contributed by atoms with Crippen molar-refractivity contribution < 1.29 is 47.2 Å². The van der Waals surface area contributed by atoms with Gasteiger partial charge in [-0.1, -0.05) is 172 Å². The van der Waals surface area contributed by atoms with Crippen molar-refractivity contribution in [1.82, 2.24) is 0 Å². The van der Waals surface area contributed by atoms with Gasteiger partial charge in [-0.25, -0.2) is 0 Å². The van der Waals surface area contributed by atoms with E-state index >= 15 is 0 Å². The lowest BCUT2D eigenvalue weighted by molar-refractivity contribution is -0.870. The molecule has 3 atom stereocenters. The van der Waals surface area contributed by atoms with Crippen molar-refractivity contribution in [3.8, 4) is 0 Å². The van der Waals surface area contributed by atoms with E-state index in [4.69, 9.17) is 18.5 Å². The molecular weight excluding hydrogens is 790 g/mol. The van der Waals surface area contributed by atoms with Crippen LogP contribution in [0.5, 0.6) is 0 Å². The number of quaternary nitrogens is 1. The summed E-state index contributed by atoms with van der Waals surface area (Å²) in [5.41, 5.74) is 0. The van der Waals surface area contributed by atoms with Crippen LogP contribution in [-0.4, -0.2) is 81.2 Å². The Hall–Kier alpha value is -2.07. The minimum absolute atomic E-state index is 0.0440. The third kappa shape index (κ3) is 45.8. The van der Waals surface area contributed by atoms with E-state index in [0.29, 0.717) is 30.3 Å². The van der Waals surface area contributed by atoms with Gasteiger partial charge in [0.05, 0.1) is 33.9 Å². The molecular formula is C50H92NO9P. The van der Waals surface area contributed by atoms with Gasteiger partial charge in [0.2, 0.25) is 0 Å². The van der Waals surface area contributed by atoms with E-state index in [2.05, 4.69) is 32.1 Å². The van der Waals surface area contributed by atoms with Crippen molar-refractivity contribution in [2.24, 2.45) is 0 Å². The second kappa shape index (κ2) is 41.9. The average Bonchev–Trinajstić information content (AvgIpc) is 3.21. The Bertz CT molecular complexity index is 1200. The van der Waals surface area contributed by atoms with Crippen molar-refractivity contribution in [2.45, 2.75) is 212 Å². The maximum Gasteiger partial charge on any atom is 0.306 e. The quantitative estimate of drug-likeness (QED) is 0.0159. The molecule has 0 radical (unpaired) electrons. The van der Waals surface area contributed by atoms with Gasteiger partial charge in [0.1, 0.15) is 19.8 Å². The van der Waals surface area contributed by atoms with Gasteiger partial charge < -0.3 is 33.0 Å². The lowest BCUT2D eigenvalue weighted by Gasteiger charge is -2.28. The number of aliphatic hydroxyl groups is 1. The van der Waals surface area contributed by atoms with E-state index in [1.807, 2.05) is 45.4 Å². The number of allylic oxidation sites excluding steroid dienone is 6. The number of hydrogen-bond acceptors (Lipinski definition) is 9. The van der Waals surface area contributed by atoms with Gasteiger partial charge >= 0.3 is 11.9 Å². The van der Waals surface area contributed by atoms with E-state index in [9.17, 15) is 24.2 Å². The van der Waals surface area contributed by atoms with Crippen LogP contribution >= 0.6 is 7.82 Å². The van der Waals surface area contributed by atoms with Gasteiger partial charge in [-0.2, -0.15) is 0 Å². The maximum atomic E-state index is 12.7. The van der Waals surface area contributed by atoms with Gasteiger partial charge in [-0.15, -0.1) is 0 Å². The Balaban J connectivity index is 4.32. The predicted molar refractivity (Wildman–Crippen MR) is 251 cm³/mol. The molecule has 0 rings (SSSR count). The standard InChI is InChI=1S/C50H92NO9P/c1-6-8-10-11-12-13-14-15-16-17-18-19-20-21-22-23-24-27-31-34-38-42-50(54)60-48(46-59-61(55,56)58-44-43-51(3,4)5)45-57-49(53)41-37-33-30-28-25-26-29-32-36-40-47(52)39-35-9-7-2/h9,15-16,29,32,35-36,40,47-48,52H,6-8,10-14,17-28,30-31,33-34,37-39,41-46H2,1-5H3/b16-15-,32-29+,35-9+,40-36+/t47?,48-/m1/s1. The second-order valence-electron chi connectivity index (χ2n) is 17.6. The van der Waals surface area contributed by atoms with Crippen LogP contribution in [0.1, 0.15) is 200 Å². The summed E-state index contributed by atoms with van der Waals surface area (Å²) in [6.45, 7) is 3.98. The van der Waals surface area contributed by atoms with Crippen LogP contribution in [0.3, 0.4) is 0 Å². The van der Waals surface area contributed by atoms with Gasteiger partial charge in [0.25, 0.3) is 7.82 Å². The number of carbonyl (C=O) groups excluding carboxylic acids is 2. The number of aliphatic hydroxyl groups excluding tert-OH is 1. The van der Waals surface area contributed by atoms with Crippen molar-refractivity contribution in [3.63, 3.8) is 0 Å². The normalized spacial score (nSPS) is 14.4. The highest BCUT2D eigenvalue weighted by molar-refractivity contribution is 7.45. The fraction of sp³-hybridized carbons (Fsp3) is 0.800. The molecule has 0 fully saturated rings. The Labute approximate surface area is 374 Å². The summed E-state index contributed by atoms with van der Waals surface area (Å²) < 4.78 is 33.9. The van der Waals surface area contributed by atoms with Crippen molar-refractivity contribution >= 4 is 19.8 Å². The monoisotopic (exact) mass is 882 g/mol. The Kier molecular flexibility index (Phi) is 40.5. The van der Waals surface area contributed by atoms with Crippen LogP contribution in [0.15, 0.2) is 48.6 Å². The first-order valence-electron chi connectivity index (χ1n) is 24.5.